The number of aromatic nitrogens is 3. The molecule has 0 aromatic carbocycles. The summed E-state index contributed by atoms with van der Waals surface area (Å²) in [6.07, 6.45) is 0. The van der Waals surface area contributed by atoms with E-state index in [-0.39, 0.29) is 0 Å². The first kappa shape index (κ1) is 12.5. The minimum absolute atomic E-state index is 0.298. The van der Waals surface area contributed by atoms with Crippen molar-refractivity contribution < 1.29 is 0 Å². The number of anilines is 3. The number of hydrogen-bond donors (Lipinski definition) is 3. The second-order valence-electron chi connectivity index (χ2n) is 3.67. The molecule has 0 radical (unpaired) electrons. The summed E-state index contributed by atoms with van der Waals surface area (Å²) in [6.45, 7) is 9.68. The molecule has 0 bridgehead atoms. The third-order valence-electron chi connectivity index (χ3n) is 1.72. The third-order valence-corrected chi connectivity index (χ3v) is 1.72. The van der Waals surface area contributed by atoms with Crippen LogP contribution in [0.5, 0.6) is 0 Å². The van der Waals surface area contributed by atoms with E-state index in [4.69, 9.17) is 0 Å². The summed E-state index contributed by atoms with van der Waals surface area (Å²) in [6, 6.07) is 0.298. The van der Waals surface area contributed by atoms with E-state index >= 15 is 0 Å². The van der Waals surface area contributed by atoms with Crippen LogP contribution in [0.3, 0.4) is 0 Å². The molecule has 1 aromatic rings. The zero-order valence-electron chi connectivity index (χ0n) is 10.3. The van der Waals surface area contributed by atoms with Gasteiger partial charge < -0.3 is 16.0 Å². The van der Waals surface area contributed by atoms with Gasteiger partial charge in [0.25, 0.3) is 0 Å². The van der Waals surface area contributed by atoms with E-state index in [1.165, 1.54) is 0 Å². The predicted octanol–water partition coefficient (Wildman–Crippen LogP) is 1.56. The minimum Gasteiger partial charge on any atom is -0.354 e. The lowest BCUT2D eigenvalue weighted by Gasteiger charge is -2.11. The Kier molecular flexibility index (Phi) is 4.75. The number of rotatable bonds is 6. The average molecular weight is 224 g/mol. The molecule has 90 valence electrons. The van der Waals surface area contributed by atoms with Gasteiger partial charge in [0.15, 0.2) is 0 Å². The van der Waals surface area contributed by atoms with Crippen LogP contribution < -0.4 is 16.0 Å². The quantitative estimate of drug-likeness (QED) is 0.681. The Hall–Kier alpha value is -1.59. The van der Waals surface area contributed by atoms with Crippen LogP contribution in [0, 0.1) is 0 Å². The van der Waals surface area contributed by atoms with Gasteiger partial charge in [0.1, 0.15) is 0 Å². The molecule has 0 amide bonds. The fourth-order valence-electron chi connectivity index (χ4n) is 1.17. The standard InChI is InChI=1S/C10H20N6/c1-5-11-8-14-9(12-6-2)16-10(15-8)13-7(3)4/h7H,5-6H2,1-4H3,(H3,11,12,13,14,15,16). The molecule has 16 heavy (non-hydrogen) atoms. The molecule has 0 atom stereocenters. The minimum atomic E-state index is 0.298. The van der Waals surface area contributed by atoms with Crippen LogP contribution in [0.4, 0.5) is 17.8 Å². The van der Waals surface area contributed by atoms with Crippen molar-refractivity contribution >= 4 is 17.8 Å². The monoisotopic (exact) mass is 224 g/mol. The van der Waals surface area contributed by atoms with E-state index in [1.807, 2.05) is 27.7 Å². The molecular formula is C10H20N6. The lowest BCUT2D eigenvalue weighted by molar-refractivity contribution is 0.865. The van der Waals surface area contributed by atoms with Gasteiger partial charge >= 0.3 is 0 Å². The van der Waals surface area contributed by atoms with Crippen molar-refractivity contribution in [2.45, 2.75) is 33.7 Å². The molecule has 0 spiro atoms. The van der Waals surface area contributed by atoms with E-state index in [1.54, 1.807) is 0 Å². The van der Waals surface area contributed by atoms with Crippen molar-refractivity contribution in [2.24, 2.45) is 0 Å². The molecule has 6 heteroatoms. The molecule has 0 unspecified atom stereocenters. The topological polar surface area (TPSA) is 74.8 Å². The molecule has 1 aromatic heterocycles. The SMILES string of the molecule is CCNc1nc(NCC)nc(NC(C)C)n1. The highest BCUT2D eigenvalue weighted by atomic mass is 15.3. The van der Waals surface area contributed by atoms with Crippen molar-refractivity contribution in [3.63, 3.8) is 0 Å². The van der Waals surface area contributed by atoms with Gasteiger partial charge in [-0.3, -0.25) is 0 Å². The first-order valence-corrected chi connectivity index (χ1v) is 5.66. The summed E-state index contributed by atoms with van der Waals surface area (Å²) in [5.41, 5.74) is 0. The van der Waals surface area contributed by atoms with Gasteiger partial charge in [-0.1, -0.05) is 0 Å². The number of nitrogens with zero attached hydrogens (tertiary/aromatic N) is 3. The van der Waals surface area contributed by atoms with Crippen molar-refractivity contribution in [1.29, 1.82) is 0 Å². The number of nitrogens with one attached hydrogen (secondary N) is 3. The lowest BCUT2D eigenvalue weighted by Crippen LogP contribution is -2.16. The normalized spacial score (nSPS) is 10.3. The summed E-state index contributed by atoms with van der Waals surface area (Å²) in [7, 11) is 0. The predicted molar refractivity (Wildman–Crippen MR) is 66.9 cm³/mol. The second-order valence-corrected chi connectivity index (χ2v) is 3.67. The molecule has 3 N–H and O–H groups in total. The van der Waals surface area contributed by atoms with E-state index in [2.05, 4.69) is 30.9 Å². The van der Waals surface area contributed by atoms with Crippen molar-refractivity contribution in [2.75, 3.05) is 29.0 Å². The van der Waals surface area contributed by atoms with Gasteiger partial charge in [0.05, 0.1) is 0 Å². The largest absolute Gasteiger partial charge is 0.354 e. The van der Waals surface area contributed by atoms with Crippen LogP contribution in [-0.4, -0.2) is 34.1 Å². The molecule has 6 nitrogen and oxygen atoms in total. The van der Waals surface area contributed by atoms with Crippen LogP contribution in [0.15, 0.2) is 0 Å². The van der Waals surface area contributed by atoms with E-state index in [0.717, 1.165) is 13.1 Å². The number of hydrogen-bond acceptors (Lipinski definition) is 6. The van der Waals surface area contributed by atoms with Crippen LogP contribution in [-0.2, 0) is 0 Å². The molecule has 0 saturated heterocycles. The lowest BCUT2D eigenvalue weighted by atomic mass is 10.4. The maximum atomic E-state index is 4.26. The van der Waals surface area contributed by atoms with Gasteiger partial charge in [-0.15, -0.1) is 0 Å². The van der Waals surface area contributed by atoms with Gasteiger partial charge in [-0.25, -0.2) is 0 Å². The van der Waals surface area contributed by atoms with Gasteiger partial charge in [-0.05, 0) is 27.7 Å². The van der Waals surface area contributed by atoms with Gasteiger partial charge in [0, 0.05) is 19.1 Å². The maximum Gasteiger partial charge on any atom is 0.229 e. The fourth-order valence-corrected chi connectivity index (χ4v) is 1.17. The van der Waals surface area contributed by atoms with E-state index < -0.39 is 0 Å². The maximum absolute atomic E-state index is 4.26. The first-order valence-electron chi connectivity index (χ1n) is 5.66. The van der Waals surface area contributed by atoms with Crippen molar-refractivity contribution in [3.05, 3.63) is 0 Å². The fraction of sp³-hybridized carbons (Fsp3) is 0.700. The molecule has 1 heterocycles. The van der Waals surface area contributed by atoms with Gasteiger partial charge in [0.2, 0.25) is 17.8 Å². The molecular weight excluding hydrogens is 204 g/mol. The molecule has 0 aliphatic heterocycles. The van der Waals surface area contributed by atoms with Crippen LogP contribution in [0.25, 0.3) is 0 Å². The Bertz CT molecular complexity index is 301. The highest BCUT2D eigenvalue weighted by molar-refractivity contribution is 5.42. The Balaban J connectivity index is 2.88. The van der Waals surface area contributed by atoms with Crippen LogP contribution in [0.2, 0.25) is 0 Å². The van der Waals surface area contributed by atoms with Crippen LogP contribution >= 0.6 is 0 Å². The molecule has 0 saturated carbocycles. The van der Waals surface area contributed by atoms with E-state index in [9.17, 15) is 0 Å². The third kappa shape index (κ3) is 3.88. The second kappa shape index (κ2) is 6.09. The highest BCUT2D eigenvalue weighted by Gasteiger charge is 2.05. The average Bonchev–Trinajstić information content (AvgIpc) is 2.17. The Morgan fingerprint density at radius 2 is 1.31 bits per heavy atom. The Labute approximate surface area is 96.3 Å². The Morgan fingerprint density at radius 1 is 0.875 bits per heavy atom. The summed E-state index contributed by atoms with van der Waals surface area (Å²) < 4.78 is 0. The van der Waals surface area contributed by atoms with Crippen molar-refractivity contribution in [1.82, 2.24) is 15.0 Å². The van der Waals surface area contributed by atoms with Gasteiger partial charge in [-0.2, -0.15) is 15.0 Å². The van der Waals surface area contributed by atoms with Crippen molar-refractivity contribution in [3.8, 4) is 0 Å². The summed E-state index contributed by atoms with van der Waals surface area (Å²) in [5.74, 6) is 1.78. The molecule has 0 fully saturated rings. The zero-order valence-corrected chi connectivity index (χ0v) is 10.3. The van der Waals surface area contributed by atoms with Crippen LogP contribution in [0.1, 0.15) is 27.7 Å². The first-order chi connectivity index (χ1) is 7.65. The summed E-state index contributed by atoms with van der Waals surface area (Å²) >= 11 is 0. The molecule has 1 rings (SSSR count). The molecule has 0 aliphatic rings. The summed E-state index contributed by atoms with van der Waals surface area (Å²) in [5, 5.41) is 9.32. The zero-order chi connectivity index (χ0) is 12.0. The summed E-state index contributed by atoms with van der Waals surface area (Å²) in [4.78, 5) is 12.8. The highest BCUT2D eigenvalue weighted by Crippen LogP contribution is 2.09. The Morgan fingerprint density at radius 3 is 1.69 bits per heavy atom. The smallest absolute Gasteiger partial charge is 0.229 e. The van der Waals surface area contributed by atoms with E-state index in [0.29, 0.717) is 23.9 Å². The molecule has 0 aliphatic carbocycles.